The number of oxime groups is 1. The molecule has 0 aromatic carbocycles. The van der Waals surface area contributed by atoms with Gasteiger partial charge < -0.3 is 10.1 Å². The zero-order chi connectivity index (χ0) is 15.5. The van der Waals surface area contributed by atoms with Crippen LogP contribution in [0.15, 0.2) is 17.4 Å². The topological polar surface area (TPSA) is 52.0 Å². The largest absolute Gasteiger partial charge is 0.411 e. The monoisotopic (exact) mass is 322 g/mol. The number of alkyl halides is 3. The Bertz CT molecular complexity index is 516. The van der Waals surface area contributed by atoms with Crippen LogP contribution in [0.2, 0.25) is 5.02 Å². The predicted octanol–water partition coefficient (Wildman–Crippen LogP) is 2.23. The van der Waals surface area contributed by atoms with Crippen LogP contribution in [0, 0.1) is 0 Å². The van der Waals surface area contributed by atoms with Gasteiger partial charge in [-0.25, -0.2) is 4.98 Å². The first kappa shape index (κ1) is 15.8. The molecule has 2 heterocycles. The lowest BCUT2D eigenvalue weighted by atomic mass is 10.2. The van der Waals surface area contributed by atoms with Gasteiger partial charge in [0.1, 0.15) is 5.82 Å². The van der Waals surface area contributed by atoms with Gasteiger partial charge in [0.2, 0.25) is 0 Å². The van der Waals surface area contributed by atoms with E-state index in [2.05, 4.69) is 10.1 Å². The molecular weight excluding hydrogens is 309 g/mol. The molecular formula is C12H14ClF3N4O. The maximum absolute atomic E-state index is 12.3. The van der Waals surface area contributed by atoms with Crippen LogP contribution in [0.1, 0.15) is 5.56 Å². The molecule has 1 aliphatic rings. The van der Waals surface area contributed by atoms with Gasteiger partial charge in [0.15, 0.2) is 0 Å². The third kappa shape index (κ3) is 4.47. The number of anilines is 1. The van der Waals surface area contributed by atoms with Crippen molar-refractivity contribution in [3.05, 3.63) is 22.8 Å². The van der Waals surface area contributed by atoms with Gasteiger partial charge in [-0.3, -0.25) is 4.90 Å². The van der Waals surface area contributed by atoms with E-state index in [4.69, 9.17) is 16.8 Å². The molecule has 116 valence electrons. The fourth-order valence-corrected chi connectivity index (χ4v) is 2.48. The Morgan fingerprint density at radius 1 is 1.33 bits per heavy atom. The first-order valence-electron chi connectivity index (χ1n) is 6.26. The minimum Gasteiger partial charge on any atom is -0.411 e. The third-order valence-electron chi connectivity index (χ3n) is 3.12. The summed E-state index contributed by atoms with van der Waals surface area (Å²) < 4.78 is 37.0. The highest BCUT2D eigenvalue weighted by Crippen LogP contribution is 2.25. The summed E-state index contributed by atoms with van der Waals surface area (Å²) in [5.41, 5.74) is 0.543. The maximum atomic E-state index is 12.3. The lowest BCUT2D eigenvalue weighted by Gasteiger charge is -2.35. The highest BCUT2D eigenvalue weighted by molar-refractivity contribution is 6.33. The van der Waals surface area contributed by atoms with E-state index in [1.807, 2.05) is 4.90 Å². The second kappa shape index (κ2) is 6.48. The minimum absolute atomic E-state index is 0.303. The van der Waals surface area contributed by atoms with Gasteiger partial charge >= 0.3 is 6.18 Å². The number of piperazine rings is 1. The minimum atomic E-state index is -4.18. The Balaban J connectivity index is 1.99. The first-order valence-corrected chi connectivity index (χ1v) is 6.64. The van der Waals surface area contributed by atoms with Crippen molar-refractivity contribution in [2.45, 2.75) is 6.18 Å². The van der Waals surface area contributed by atoms with Gasteiger partial charge in [0.05, 0.1) is 17.8 Å². The van der Waals surface area contributed by atoms with Crippen LogP contribution in [0.5, 0.6) is 0 Å². The number of nitrogens with zero attached hydrogens (tertiary/aromatic N) is 4. The molecule has 0 unspecified atom stereocenters. The second-order valence-corrected chi connectivity index (χ2v) is 5.10. The molecule has 0 saturated carbocycles. The summed E-state index contributed by atoms with van der Waals surface area (Å²) in [6.45, 7) is 0.565. The SMILES string of the molecule is O/N=C/c1cnc(N2CCN(CC(F)(F)F)CC2)c(Cl)c1. The molecule has 1 aliphatic heterocycles. The molecule has 0 radical (unpaired) electrons. The molecule has 0 bridgehead atoms. The van der Waals surface area contributed by atoms with Crippen molar-refractivity contribution >= 4 is 23.6 Å². The Kier molecular flexibility index (Phi) is 4.89. The van der Waals surface area contributed by atoms with Gasteiger partial charge in [0, 0.05) is 37.9 Å². The lowest BCUT2D eigenvalue weighted by Crippen LogP contribution is -2.49. The number of halogens is 4. The van der Waals surface area contributed by atoms with E-state index < -0.39 is 12.7 Å². The van der Waals surface area contributed by atoms with Gasteiger partial charge in [-0.15, -0.1) is 0 Å². The Morgan fingerprint density at radius 2 is 2.00 bits per heavy atom. The predicted molar refractivity (Wildman–Crippen MR) is 73.3 cm³/mol. The van der Waals surface area contributed by atoms with Crippen molar-refractivity contribution < 1.29 is 18.4 Å². The average molecular weight is 323 g/mol. The molecule has 1 N–H and O–H groups in total. The van der Waals surface area contributed by atoms with E-state index >= 15 is 0 Å². The van der Waals surface area contributed by atoms with Crippen molar-refractivity contribution in [3.63, 3.8) is 0 Å². The maximum Gasteiger partial charge on any atom is 0.401 e. The zero-order valence-electron chi connectivity index (χ0n) is 11.0. The van der Waals surface area contributed by atoms with E-state index in [-0.39, 0.29) is 0 Å². The molecule has 0 aliphatic carbocycles. The Labute approximate surface area is 124 Å². The molecule has 0 amide bonds. The van der Waals surface area contributed by atoms with Crippen LogP contribution in [0.3, 0.4) is 0 Å². The number of aromatic nitrogens is 1. The van der Waals surface area contributed by atoms with E-state index in [9.17, 15) is 13.2 Å². The Morgan fingerprint density at radius 3 is 2.52 bits per heavy atom. The molecule has 0 atom stereocenters. The Hall–Kier alpha value is -1.54. The smallest absolute Gasteiger partial charge is 0.401 e. The second-order valence-electron chi connectivity index (χ2n) is 4.70. The molecule has 9 heteroatoms. The summed E-state index contributed by atoms with van der Waals surface area (Å²) >= 11 is 6.10. The van der Waals surface area contributed by atoms with Crippen LogP contribution >= 0.6 is 11.6 Å². The normalized spacial score (nSPS) is 17.6. The van der Waals surface area contributed by atoms with E-state index in [0.29, 0.717) is 42.6 Å². The standard InChI is InChI=1S/C12H14ClF3N4O/c13-10-5-9(7-18-21)6-17-11(10)20-3-1-19(2-4-20)8-12(14,15)16/h5-7,21H,1-4,8H2/b18-7+. The molecule has 0 spiro atoms. The third-order valence-corrected chi connectivity index (χ3v) is 3.40. The highest BCUT2D eigenvalue weighted by atomic mass is 35.5. The molecule has 1 aromatic heterocycles. The van der Waals surface area contributed by atoms with Crippen LogP contribution in [-0.4, -0.2) is 60.2 Å². The fourth-order valence-electron chi connectivity index (χ4n) is 2.19. The van der Waals surface area contributed by atoms with E-state index in [1.165, 1.54) is 17.3 Å². The van der Waals surface area contributed by atoms with Crippen LogP contribution in [0.25, 0.3) is 0 Å². The van der Waals surface area contributed by atoms with Gasteiger partial charge in [-0.2, -0.15) is 13.2 Å². The van der Waals surface area contributed by atoms with Crippen LogP contribution in [0.4, 0.5) is 19.0 Å². The summed E-state index contributed by atoms with van der Waals surface area (Å²) in [6.07, 6.45) is -1.49. The first-order chi connectivity index (χ1) is 9.89. The van der Waals surface area contributed by atoms with Crippen molar-refractivity contribution in [2.24, 2.45) is 5.16 Å². The summed E-state index contributed by atoms with van der Waals surface area (Å²) in [7, 11) is 0. The number of pyridine rings is 1. The summed E-state index contributed by atoms with van der Waals surface area (Å²) in [4.78, 5) is 7.37. The van der Waals surface area contributed by atoms with Crippen molar-refractivity contribution in [1.82, 2.24) is 9.88 Å². The molecule has 2 rings (SSSR count). The van der Waals surface area contributed by atoms with E-state index in [1.54, 1.807) is 6.07 Å². The number of rotatable bonds is 3. The molecule has 1 aromatic rings. The molecule has 1 fully saturated rings. The summed E-state index contributed by atoms with van der Waals surface area (Å²) in [5.74, 6) is 0.526. The van der Waals surface area contributed by atoms with Crippen LogP contribution in [-0.2, 0) is 0 Å². The van der Waals surface area contributed by atoms with Crippen molar-refractivity contribution in [3.8, 4) is 0 Å². The van der Waals surface area contributed by atoms with Crippen molar-refractivity contribution in [2.75, 3.05) is 37.6 Å². The molecule has 1 saturated heterocycles. The number of hydrogen-bond acceptors (Lipinski definition) is 5. The van der Waals surface area contributed by atoms with Crippen molar-refractivity contribution in [1.29, 1.82) is 0 Å². The van der Waals surface area contributed by atoms with Gasteiger partial charge in [0.25, 0.3) is 0 Å². The van der Waals surface area contributed by atoms with Crippen LogP contribution < -0.4 is 4.90 Å². The molecule has 21 heavy (non-hydrogen) atoms. The lowest BCUT2D eigenvalue weighted by molar-refractivity contribution is -0.146. The molecule has 5 nitrogen and oxygen atoms in total. The zero-order valence-corrected chi connectivity index (χ0v) is 11.8. The van der Waals surface area contributed by atoms with Gasteiger partial charge in [-0.1, -0.05) is 16.8 Å². The number of hydrogen-bond donors (Lipinski definition) is 1. The quantitative estimate of drug-likeness (QED) is 0.527. The van der Waals surface area contributed by atoms with Gasteiger partial charge in [-0.05, 0) is 6.07 Å². The summed E-state index contributed by atoms with van der Waals surface area (Å²) in [5, 5.41) is 11.7. The average Bonchev–Trinajstić information content (AvgIpc) is 2.39. The fraction of sp³-hybridized carbons (Fsp3) is 0.500. The summed E-state index contributed by atoms with van der Waals surface area (Å²) in [6, 6.07) is 1.59. The van der Waals surface area contributed by atoms with E-state index in [0.717, 1.165) is 0 Å². The highest BCUT2D eigenvalue weighted by Gasteiger charge is 2.32.